The van der Waals surface area contributed by atoms with E-state index < -0.39 is 0 Å². The molecule has 0 aromatic carbocycles. The van der Waals surface area contributed by atoms with Gasteiger partial charge in [-0.3, -0.25) is 0 Å². The summed E-state index contributed by atoms with van der Waals surface area (Å²) in [6.07, 6.45) is 4.24. The van der Waals surface area contributed by atoms with Crippen LogP contribution in [0.4, 0.5) is 11.7 Å². The van der Waals surface area contributed by atoms with E-state index in [1.165, 1.54) is 12.8 Å². The molecule has 0 spiro atoms. The zero-order chi connectivity index (χ0) is 11.7. The van der Waals surface area contributed by atoms with Gasteiger partial charge in [-0.1, -0.05) is 5.16 Å². The van der Waals surface area contributed by atoms with E-state index in [2.05, 4.69) is 15.0 Å². The molecule has 0 aliphatic carbocycles. The van der Waals surface area contributed by atoms with Crippen LogP contribution in [0.5, 0.6) is 0 Å². The Hall–Kier alpha value is -2.04. The van der Waals surface area contributed by atoms with Gasteiger partial charge in [-0.2, -0.15) is 0 Å². The van der Waals surface area contributed by atoms with Crippen LogP contribution < -0.4 is 10.6 Å². The molecule has 1 fully saturated rings. The van der Waals surface area contributed by atoms with E-state index in [1.807, 2.05) is 12.1 Å². The number of nitrogens with zero attached hydrogens (tertiary/aromatic N) is 3. The van der Waals surface area contributed by atoms with Gasteiger partial charge < -0.3 is 15.2 Å². The maximum Gasteiger partial charge on any atom is 0.222 e. The maximum absolute atomic E-state index is 5.56. The van der Waals surface area contributed by atoms with Gasteiger partial charge >= 0.3 is 0 Å². The summed E-state index contributed by atoms with van der Waals surface area (Å²) in [5.74, 6) is 1.30. The van der Waals surface area contributed by atoms with Gasteiger partial charge in [0.1, 0.15) is 11.5 Å². The van der Waals surface area contributed by atoms with Gasteiger partial charge in [-0.05, 0) is 25.0 Å². The van der Waals surface area contributed by atoms with Gasteiger partial charge in [0, 0.05) is 30.9 Å². The third-order valence-corrected chi connectivity index (χ3v) is 3.00. The first kappa shape index (κ1) is 10.1. The van der Waals surface area contributed by atoms with E-state index in [9.17, 15) is 0 Å². The SMILES string of the molecule is Nc1cc(-c2cccnc2N2CCCC2)no1. The third kappa shape index (κ3) is 1.84. The Morgan fingerprint density at radius 2 is 2.12 bits per heavy atom. The number of hydrogen-bond acceptors (Lipinski definition) is 5. The first-order chi connectivity index (χ1) is 8.34. The standard InChI is InChI=1S/C12H14N4O/c13-11-8-10(15-17-11)9-4-3-5-14-12(9)16-6-1-2-7-16/h3-5,8H,1-2,6-7,13H2. The second kappa shape index (κ2) is 4.08. The monoisotopic (exact) mass is 230 g/mol. The summed E-state index contributed by atoms with van der Waals surface area (Å²) in [5.41, 5.74) is 7.29. The minimum absolute atomic E-state index is 0.330. The number of anilines is 2. The first-order valence-electron chi connectivity index (χ1n) is 5.77. The summed E-state index contributed by atoms with van der Waals surface area (Å²) in [4.78, 5) is 6.73. The highest BCUT2D eigenvalue weighted by Crippen LogP contribution is 2.30. The summed E-state index contributed by atoms with van der Waals surface area (Å²) in [7, 11) is 0. The van der Waals surface area contributed by atoms with Gasteiger partial charge in [0.15, 0.2) is 0 Å². The van der Waals surface area contributed by atoms with Crippen molar-refractivity contribution in [1.29, 1.82) is 0 Å². The van der Waals surface area contributed by atoms with Gasteiger partial charge in [-0.15, -0.1) is 0 Å². The van der Waals surface area contributed by atoms with E-state index in [0.29, 0.717) is 5.88 Å². The molecule has 0 radical (unpaired) electrons. The van der Waals surface area contributed by atoms with Crippen molar-refractivity contribution in [3.05, 3.63) is 24.4 Å². The quantitative estimate of drug-likeness (QED) is 0.853. The zero-order valence-corrected chi connectivity index (χ0v) is 9.47. The number of hydrogen-bond donors (Lipinski definition) is 1. The van der Waals surface area contributed by atoms with E-state index in [-0.39, 0.29) is 0 Å². The highest BCUT2D eigenvalue weighted by molar-refractivity contribution is 5.74. The van der Waals surface area contributed by atoms with E-state index in [4.69, 9.17) is 10.3 Å². The second-order valence-electron chi connectivity index (χ2n) is 4.18. The average molecular weight is 230 g/mol. The first-order valence-corrected chi connectivity index (χ1v) is 5.77. The van der Waals surface area contributed by atoms with Crippen molar-refractivity contribution in [2.45, 2.75) is 12.8 Å². The fraction of sp³-hybridized carbons (Fsp3) is 0.333. The van der Waals surface area contributed by atoms with Crippen LogP contribution >= 0.6 is 0 Å². The number of aromatic nitrogens is 2. The lowest BCUT2D eigenvalue weighted by Gasteiger charge is -2.18. The topological polar surface area (TPSA) is 68.2 Å². The van der Waals surface area contributed by atoms with Crippen molar-refractivity contribution in [3.8, 4) is 11.3 Å². The molecule has 1 aliphatic rings. The predicted molar refractivity (Wildman–Crippen MR) is 65.6 cm³/mol. The molecular weight excluding hydrogens is 216 g/mol. The van der Waals surface area contributed by atoms with Gasteiger partial charge in [0.2, 0.25) is 5.88 Å². The summed E-state index contributed by atoms with van der Waals surface area (Å²) in [6.45, 7) is 2.11. The van der Waals surface area contributed by atoms with Gasteiger partial charge in [0.05, 0.1) is 0 Å². The number of nitrogens with two attached hydrogens (primary N) is 1. The fourth-order valence-corrected chi connectivity index (χ4v) is 2.19. The molecule has 3 heterocycles. The molecule has 5 heteroatoms. The van der Waals surface area contributed by atoms with E-state index in [0.717, 1.165) is 30.2 Å². The predicted octanol–water partition coefficient (Wildman–Crippen LogP) is 1.92. The lowest BCUT2D eigenvalue weighted by atomic mass is 10.2. The molecular formula is C12H14N4O. The van der Waals surface area contributed by atoms with Crippen LogP contribution in [0.1, 0.15) is 12.8 Å². The molecule has 1 aliphatic heterocycles. The number of nitrogen functional groups attached to an aromatic ring is 1. The molecule has 0 amide bonds. The van der Waals surface area contributed by atoms with E-state index in [1.54, 1.807) is 12.3 Å². The van der Waals surface area contributed by atoms with Crippen molar-refractivity contribution < 1.29 is 4.52 Å². The molecule has 0 saturated carbocycles. The fourth-order valence-electron chi connectivity index (χ4n) is 2.19. The van der Waals surface area contributed by atoms with Crippen LogP contribution in [-0.4, -0.2) is 23.2 Å². The van der Waals surface area contributed by atoms with Crippen molar-refractivity contribution in [2.75, 3.05) is 23.7 Å². The Bertz CT molecular complexity index is 517. The van der Waals surface area contributed by atoms with Crippen LogP contribution in [0.3, 0.4) is 0 Å². The highest BCUT2D eigenvalue weighted by Gasteiger charge is 2.19. The Labute approximate surface area is 99.2 Å². The van der Waals surface area contributed by atoms with Crippen LogP contribution in [0.2, 0.25) is 0 Å². The van der Waals surface area contributed by atoms with Gasteiger partial charge in [-0.25, -0.2) is 4.98 Å². The molecule has 5 nitrogen and oxygen atoms in total. The number of pyridine rings is 1. The summed E-state index contributed by atoms with van der Waals surface area (Å²) in [6, 6.07) is 5.63. The molecule has 2 aromatic rings. The van der Waals surface area contributed by atoms with Crippen LogP contribution in [-0.2, 0) is 0 Å². The second-order valence-corrected chi connectivity index (χ2v) is 4.18. The minimum atomic E-state index is 0.330. The lowest BCUT2D eigenvalue weighted by molar-refractivity contribution is 0.439. The molecule has 1 saturated heterocycles. The zero-order valence-electron chi connectivity index (χ0n) is 9.47. The van der Waals surface area contributed by atoms with Crippen molar-refractivity contribution in [3.63, 3.8) is 0 Å². The molecule has 0 unspecified atom stereocenters. The maximum atomic E-state index is 5.56. The molecule has 17 heavy (non-hydrogen) atoms. The summed E-state index contributed by atoms with van der Waals surface area (Å²) >= 11 is 0. The lowest BCUT2D eigenvalue weighted by Crippen LogP contribution is -2.19. The molecule has 0 bridgehead atoms. The summed E-state index contributed by atoms with van der Waals surface area (Å²) < 4.78 is 4.92. The largest absolute Gasteiger partial charge is 0.368 e. The molecule has 0 atom stereocenters. The van der Waals surface area contributed by atoms with Gasteiger partial charge in [0.25, 0.3) is 0 Å². The normalized spacial score (nSPS) is 15.4. The van der Waals surface area contributed by atoms with Crippen LogP contribution in [0.15, 0.2) is 28.9 Å². The third-order valence-electron chi connectivity index (χ3n) is 3.00. The van der Waals surface area contributed by atoms with Crippen molar-refractivity contribution in [2.24, 2.45) is 0 Å². The Balaban J connectivity index is 2.03. The molecule has 2 aromatic heterocycles. The van der Waals surface area contributed by atoms with Crippen molar-refractivity contribution >= 4 is 11.7 Å². The highest BCUT2D eigenvalue weighted by atomic mass is 16.5. The van der Waals surface area contributed by atoms with Crippen LogP contribution in [0.25, 0.3) is 11.3 Å². The van der Waals surface area contributed by atoms with Crippen LogP contribution in [0, 0.1) is 0 Å². The van der Waals surface area contributed by atoms with Crippen molar-refractivity contribution in [1.82, 2.24) is 10.1 Å². The molecule has 3 rings (SSSR count). The molecule has 88 valence electrons. The Morgan fingerprint density at radius 3 is 2.82 bits per heavy atom. The molecule has 2 N–H and O–H groups in total. The summed E-state index contributed by atoms with van der Waals surface area (Å²) in [5, 5.41) is 3.95. The average Bonchev–Trinajstić information content (AvgIpc) is 3.00. The Kier molecular flexibility index (Phi) is 2.44. The number of rotatable bonds is 2. The Morgan fingerprint density at radius 1 is 1.29 bits per heavy atom. The smallest absolute Gasteiger partial charge is 0.222 e. The minimum Gasteiger partial charge on any atom is -0.368 e. The van der Waals surface area contributed by atoms with E-state index >= 15 is 0 Å².